The molecule has 1 fully saturated rings. The van der Waals surface area contributed by atoms with E-state index in [9.17, 15) is 9.50 Å². The molecule has 0 spiro atoms. The number of piperazine rings is 1. The predicted octanol–water partition coefficient (Wildman–Crippen LogP) is 0.764. The third-order valence-electron chi connectivity index (χ3n) is 2.87. The Morgan fingerprint density at radius 3 is 2.81 bits per heavy atom. The lowest BCUT2D eigenvalue weighted by molar-refractivity contribution is 0.105. The van der Waals surface area contributed by atoms with Gasteiger partial charge in [0.05, 0.1) is 6.10 Å². The molecular weight excluding hydrogens is 207 g/mol. The van der Waals surface area contributed by atoms with Gasteiger partial charge in [0.2, 0.25) is 0 Å². The highest BCUT2D eigenvalue weighted by molar-refractivity contribution is 5.19. The van der Waals surface area contributed by atoms with E-state index in [0.717, 1.165) is 26.2 Å². The second-order valence-electron chi connectivity index (χ2n) is 4.12. The summed E-state index contributed by atoms with van der Waals surface area (Å²) in [6.45, 7) is 4.36. The maximum absolute atomic E-state index is 13.0. The maximum Gasteiger partial charge on any atom is 0.123 e. The quantitative estimate of drug-likeness (QED) is 0.796. The second kappa shape index (κ2) is 5.39. The molecule has 0 aromatic heterocycles. The molecule has 2 N–H and O–H groups in total. The van der Waals surface area contributed by atoms with Crippen molar-refractivity contribution in [2.75, 3.05) is 32.7 Å². The van der Waals surface area contributed by atoms with Crippen molar-refractivity contribution in [3.8, 4) is 0 Å². The maximum atomic E-state index is 13.0. The lowest BCUT2D eigenvalue weighted by atomic mass is 10.1. The van der Waals surface area contributed by atoms with Crippen molar-refractivity contribution in [1.82, 2.24) is 10.2 Å². The van der Waals surface area contributed by atoms with Gasteiger partial charge in [-0.1, -0.05) is 12.1 Å². The van der Waals surface area contributed by atoms with Gasteiger partial charge in [-0.05, 0) is 17.7 Å². The molecule has 1 atom stereocenters. The van der Waals surface area contributed by atoms with Crippen LogP contribution in [-0.2, 0) is 0 Å². The van der Waals surface area contributed by atoms with E-state index < -0.39 is 6.10 Å². The molecular formula is C12H17FN2O. The number of rotatable bonds is 3. The first-order valence-electron chi connectivity index (χ1n) is 5.62. The van der Waals surface area contributed by atoms with Gasteiger partial charge in [0.15, 0.2) is 0 Å². The summed E-state index contributed by atoms with van der Waals surface area (Å²) >= 11 is 0. The van der Waals surface area contributed by atoms with Crippen molar-refractivity contribution in [3.63, 3.8) is 0 Å². The highest BCUT2D eigenvalue weighted by Gasteiger charge is 2.15. The molecule has 1 aromatic carbocycles. The summed E-state index contributed by atoms with van der Waals surface area (Å²) in [4.78, 5) is 2.19. The first-order chi connectivity index (χ1) is 7.75. The molecule has 0 saturated carbocycles. The number of hydrogen-bond donors (Lipinski definition) is 2. The second-order valence-corrected chi connectivity index (χ2v) is 4.12. The number of benzene rings is 1. The molecule has 16 heavy (non-hydrogen) atoms. The molecule has 1 aliphatic rings. The molecule has 0 bridgehead atoms. The van der Waals surface area contributed by atoms with Crippen molar-refractivity contribution in [1.29, 1.82) is 0 Å². The highest BCUT2D eigenvalue weighted by atomic mass is 19.1. The van der Waals surface area contributed by atoms with Crippen molar-refractivity contribution < 1.29 is 9.50 Å². The Hall–Kier alpha value is -0.970. The van der Waals surface area contributed by atoms with Crippen LogP contribution in [0.15, 0.2) is 24.3 Å². The molecule has 0 radical (unpaired) electrons. The van der Waals surface area contributed by atoms with Crippen LogP contribution in [0.4, 0.5) is 4.39 Å². The van der Waals surface area contributed by atoms with Gasteiger partial charge in [0, 0.05) is 32.7 Å². The van der Waals surface area contributed by atoms with Crippen molar-refractivity contribution >= 4 is 0 Å². The topological polar surface area (TPSA) is 35.5 Å². The Labute approximate surface area is 94.9 Å². The van der Waals surface area contributed by atoms with Crippen LogP contribution in [0, 0.1) is 5.82 Å². The molecule has 1 unspecified atom stereocenters. The smallest absolute Gasteiger partial charge is 0.123 e. The normalized spacial score (nSPS) is 19.6. The number of hydrogen-bond acceptors (Lipinski definition) is 3. The fourth-order valence-corrected chi connectivity index (χ4v) is 1.96. The first kappa shape index (κ1) is 11.5. The lowest BCUT2D eigenvalue weighted by Gasteiger charge is -2.29. The molecule has 1 saturated heterocycles. The number of aliphatic hydroxyl groups is 1. The summed E-state index contributed by atoms with van der Waals surface area (Å²) in [5, 5.41) is 13.2. The van der Waals surface area contributed by atoms with E-state index in [-0.39, 0.29) is 5.82 Å². The SMILES string of the molecule is OC(CN1CCNCC1)c1cccc(F)c1. The van der Waals surface area contributed by atoms with Crippen molar-refractivity contribution in [2.45, 2.75) is 6.10 Å². The molecule has 2 rings (SSSR count). The van der Waals surface area contributed by atoms with Crippen LogP contribution in [-0.4, -0.2) is 42.7 Å². The molecule has 3 nitrogen and oxygen atoms in total. The minimum Gasteiger partial charge on any atom is -0.387 e. The summed E-state index contributed by atoms with van der Waals surface area (Å²) in [6, 6.07) is 6.18. The molecule has 4 heteroatoms. The van der Waals surface area contributed by atoms with Crippen LogP contribution >= 0.6 is 0 Å². The van der Waals surface area contributed by atoms with E-state index in [1.807, 2.05) is 0 Å². The van der Waals surface area contributed by atoms with E-state index in [1.165, 1.54) is 12.1 Å². The van der Waals surface area contributed by atoms with Gasteiger partial charge in [0.25, 0.3) is 0 Å². The van der Waals surface area contributed by atoms with Gasteiger partial charge < -0.3 is 10.4 Å². The van der Waals surface area contributed by atoms with Crippen LogP contribution in [0.5, 0.6) is 0 Å². The van der Waals surface area contributed by atoms with Crippen LogP contribution in [0.1, 0.15) is 11.7 Å². The average molecular weight is 224 g/mol. The molecule has 1 heterocycles. The Kier molecular flexibility index (Phi) is 3.88. The zero-order valence-corrected chi connectivity index (χ0v) is 9.19. The van der Waals surface area contributed by atoms with E-state index in [2.05, 4.69) is 10.2 Å². The van der Waals surface area contributed by atoms with Gasteiger partial charge in [-0.2, -0.15) is 0 Å². The Bertz CT molecular complexity index is 340. The minimum absolute atomic E-state index is 0.295. The zero-order chi connectivity index (χ0) is 11.4. The standard InChI is InChI=1S/C12H17FN2O/c13-11-3-1-2-10(8-11)12(16)9-15-6-4-14-5-7-15/h1-3,8,12,14,16H,4-7,9H2. The number of β-amino-alcohol motifs (C(OH)–C–C–N with tert-alkyl or cyclic N) is 1. The fraction of sp³-hybridized carbons (Fsp3) is 0.500. The number of nitrogens with one attached hydrogen (secondary N) is 1. The predicted molar refractivity (Wildman–Crippen MR) is 60.7 cm³/mol. The van der Waals surface area contributed by atoms with Gasteiger partial charge in [-0.15, -0.1) is 0 Å². The van der Waals surface area contributed by atoms with E-state index in [1.54, 1.807) is 12.1 Å². The molecule has 0 amide bonds. The van der Waals surface area contributed by atoms with Gasteiger partial charge in [-0.3, -0.25) is 4.90 Å². The van der Waals surface area contributed by atoms with Crippen LogP contribution < -0.4 is 5.32 Å². The highest BCUT2D eigenvalue weighted by Crippen LogP contribution is 2.15. The Balaban J connectivity index is 1.94. The Morgan fingerprint density at radius 1 is 1.38 bits per heavy atom. The van der Waals surface area contributed by atoms with E-state index >= 15 is 0 Å². The summed E-state index contributed by atoms with van der Waals surface area (Å²) < 4.78 is 13.0. The van der Waals surface area contributed by atoms with Gasteiger partial charge >= 0.3 is 0 Å². The first-order valence-corrected chi connectivity index (χ1v) is 5.62. The minimum atomic E-state index is -0.603. The van der Waals surface area contributed by atoms with Crippen LogP contribution in [0.25, 0.3) is 0 Å². The molecule has 1 aliphatic heterocycles. The van der Waals surface area contributed by atoms with Crippen LogP contribution in [0.2, 0.25) is 0 Å². The molecule has 88 valence electrons. The molecule has 1 aromatic rings. The lowest BCUT2D eigenvalue weighted by Crippen LogP contribution is -2.44. The Morgan fingerprint density at radius 2 is 2.12 bits per heavy atom. The summed E-state index contributed by atoms with van der Waals surface area (Å²) in [6.07, 6.45) is -0.603. The third kappa shape index (κ3) is 3.01. The molecule has 0 aliphatic carbocycles. The zero-order valence-electron chi connectivity index (χ0n) is 9.19. The third-order valence-corrected chi connectivity index (χ3v) is 2.87. The monoisotopic (exact) mass is 224 g/mol. The summed E-state index contributed by atoms with van der Waals surface area (Å²) in [7, 11) is 0. The van der Waals surface area contributed by atoms with Crippen molar-refractivity contribution in [2.24, 2.45) is 0 Å². The van der Waals surface area contributed by atoms with Crippen molar-refractivity contribution in [3.05, 3.63) is 35.6 Å². The van der Waals surface area contributed by atoms with Crippen LogP contribution in [0.3, 0.4) is 0 Å². The van der Waals surface area contributed by atoms with E-state index in [0.29, 0.717) is 12.1 Å². The number of halogens is 1. The number of aliphatic hydroxyl groups excluding tert-OH is 1. The summed E-state index contributed by atoms with van der Waals surface area (Å²) in [5.74, 6) is -0.295. The summed E-state index contributed by atoms with van der Waals surface area (Å²) in [5.41, 5.74) is 0.651. The average Bonchev–Trinajstić information content (AvgIpc) is 2.30. The largest absolute Gasteiger partial charge is 0.387 e. The number of nitrogens with zero attached hydrogens (tertiary/aromatic N) is 1. The fourth-order valence-electron chi connectivity index (χ4n) is 1.96. The van der Waals surface area contributed by atoms with E-state index in [4.69, 9.17) is 0 Å². The van der Waals surface area contributed by atoms with Gasteiger partial charge in [0.1, 0.15) is 5.82 Å². The van der Waals surface area contributed by atoms with Gasteiger partial charge in [-0.25, -0.2) is 4.39 Å².